The third-order valence-corrected chi connectivity index (χ3v) is 7.10. The lowest BCUT2D eigenvalue weighted by atomic mass is 9.95. The highest BCUT2D eigenvalue weighted by molar-refractivity contribution is 7.18. The fourth-order valence-corrected chi connectivity index (χ4v) is 5.05. The number of rotatable bonds is 5. The highest BCUT2D eigenvalue weighted by Crippen LogP contribution is 2.35. The van der Waals surface area contributed by atoms with Crippen molar-refractivity contribution in [2.45, 2.75) is 32.9 Å². The molecule has 1 aromatic carbocycles. The van der Waals surface area contributed by atoms with Gasteiger partial charge in [-0.25, -0.2) is 9.97 Å². The van der Waals surface area contributed by atoms with Crippen LogP contribution in [0.1, 0.15) is 33.6 Å². The Kier molecular flexibility index (Phi) is 6.74. The van der Waals surface area contributed by atoms with E-state index < -0.39 is 18.6 Å². The van der Waals surface area contributed by atoms with Crippen molar-refractivity contribution in [3.8, 4) is 0 Å². The van der Waals surface area contributed by atoms with Crippen molar-refractivity contribution in [1.29, 1.82) is 0 Å². The van der Waals surface area contributed by atoms with Gasteiger partial charge in [0.05, 0.1) is 16.6 Å². The fraction of sp³-hybridized carbons (Fsp3) is 0.391. The lowest BCUT2D eigenvalue weighted by Crippen LogP contribution is -2.39. The number of thiophene rings is 1. The molecule has 1 saturated heterocycles. The summed E-state index contributed by atoms with van der Waals surface area (Å²) < 4.78 is 37.4. The minimum absolute atomic E-state index is 0.00998. The zero-order valence-corrected chi connectivity index (χ0v) is 19.5. The lowest BCUT2D eigenvalue weighted by Gasteiger charge is -2.32. The first-order valence-electron chi connectivity index (χ1n) is 10.8. The van der Waals surface area contributed by atoms with Crippen molar-refractivity contribution in [2.75, 3.05) is 29.9 Å². The van der Waals surface area contributed by atoms with Crippen LogP contribution in [-0.2, 0) is 4.79 Å². The molecule has 180 valence electrons. The maximum Gasteiger partial charge on any atom is 0.405 e. The van der Waals surface area contributed by atoms with Crippen molar-refractivity contribution >= 4 is 44.9 Å². The number of nitrogens with one attached hydrogen (secondary N) is 2. The third-order valence-electron chi connectivity index (χ3n) is 5.99. The monoisotopic (exact) mass is 491 g/mol. The number of amides is 2. The van der Waals surface area contributed by atoms with E-state index in [-0.39, 0.29) is 23.1 Å². The molecule has 1 fully saturated rings. The number of nitrogens with zero attached hydrogens (tertiary/aromatic N) is 3. The van der Waals surface area contributed by atoms with E-state index in [0.29, 0.717) is 25.9 Å². The molecule has 34 heavy (non-hydrogen) atoms. The number of fused-ring (bicyclic) bond motifs is 1. The molecule has 2 N–H and O–H groups in total. The molecule has 11 heteroatoms. The number of hydrogen-bond donors (Lipinski definition) is 2. The molecule has 0 radical (unpaired) electrons. The first kappa shape index (κ1) is 23.9. The van der Waals surface area contributed by atoms with Crippen molar-refractivity contribution in [3.63, 3.8) is 0 Å². The van der Waals surface area contributed by atoms with Gasteiger partial charge in [-0.3, -0.25) is 9.59 Å². The molecule has 3 heterocycles. The van der Waals surface area contributed by atoms with Gasteiger partial charge in [-0.15, -0.1) is 11.3 Å². The molecule has 0 unspecified atom stereocenters. The van der Waals surface area contributed by atoms with Gasteiger partial charge in [0.1, 0.15) is 23.5 Å². The number of aromatic nitrogens is 2. The maximum atomic E-state index is 12.9. The molecule has 1 aliphatic heterocycles. The number of piperidine rings is 1. The highest BCUT2D eigenvalue weighted by atomic mass is 32.1. The van der Waals surface area contributed by atoms with Gasteiger partial charge in [0.15, 0.2) is 0 Å². The van der Waals surface area contributed by atoms with Gasteiger partial charge < -0.3 is 15.5 Å². The Morgan fingerprint density at radius 3 is 2.56 bits per heavy atom. The zero-order chi connectivity index (χ0) is 24.5. The van der Waals surface area contributed by atoms with Crippen LogP contribution in [0.15, 0.2) is 30.6 Å². The topological polar surface area (TPSA) is 87.2 Å². The normalized spacial score (nSPS) is 14.9. The molecule has 0 saturated carbocycles. The maximum absolute atomic E-state index is 12.9. The van der Waals surface area contributed by atoms with Crippen molar-refractivity contribution in [3.05, 3.63) is 46.6 Å². The molecule has 7 nitrogen and oxygen atoms in total. The quantitative estimate of drug-likeness (QED) is 0.551. The van der Waals surface area contributed by atoms with Crippen LogP contribution in [0.2, 0.25) is 0 Å². The predicted octanol–water partition coefficient (Wildman–Crippen LogP) is 4.46. The van der Waals surface area contributed by atoms with E-state index in [1.807, 2.05) is 5.32 Å². The number of anilines is 2. The number of para-hydroxylation sites is 1. The summed E-state index contributed by atoms with van der Waals surface area (Å²) in [5, 5.41) is 5.62. The van der Waals surface area contributed by atoms with Crippen molar-refractivity contribution < 1.29 is 22.8 Å². The van der Waals surface area contributed by atoms with Crippen LogP contribution in [0.25, 0.3) is 10.2 Å². The Labute approximate surface area is 198 Å². The van der Waals surface area contributed by atoms with E-state index in [2.05, 4.69) is 34.0 Å². The largest absolute Gasteiger partial charge is 0.405 e. The average Bonchev–Trinajstić information content (AvgIpc) is 3.11. The summed E-state index contributed by atoms with van der Waals surface area (Å²) in [7, 11) is 0. The summed E-state index contributed by atoms with van der Waals surface area (Å²) in [4.78, 5) is 38.3. The Balaban J connectivity index is 1.41. The molecule has 0 spiro atoms. The molecular formula is C23H24F3N5O2S. The molecule has 0 atom stereocenters. The van der Waals surface area contributed by atoms with Crippen LogP contribution in [0, 0.1) is 19.8 Å². The Hall–Kier alpha value is -3.21. The number of alkyl halides is 3. The number of halogens is 3. The number of hydrogen-bond acceptors (Lipinski definition) is 6. The highest BCUT2D eigenvalue weighted by Gasteiger charge is 2.30. The van der Waals surface area contributed by atoms with E-state index in [9.17, 15) is 22.8 Å². The standard InChI is InChI=1S/C23H24F3N5O2S/c1-13-14(2)34-22-18(13)19(28-12-29-22)31-9-7-15(8-10-31)20(32)30-17-6-4-3-5-16(17)21(33)27-11-23(24,25)26/h3-6,12,15H,7-11H2,1-2H3,(H,27,33)(H,30,32). The van der Waals surface area contributed by atoms with E-state index in [4.69, 9.17) is 0 Å². The second kappa shape index (κ2) is 9.57. The van der Waals surface area contributed by atoms with Gasteiger partial charge in [0.25, 0.3) is 5.91 Å². The van der Waals surface area contributed by atoms with Crippen LogP contribution in [0.3, 0.4) is 0 Å². The van der Waals surface area contributed by atoms with Crippen molar-refractivity contribution in [1.82, 2.24) is 15.3 Å². The average molecular weight is 492 g/mol. The van der Waals surface area contributed by atoms with Crippen molar-refractivity contribution in [2.24, 2.45) is 5.92 Å². The molecule has 1 aliphatic rings. The summed E-state index contributed by atoms with van der Waals surface area (Å²) >= 11 is 1.63. The minimum atomic E-state index is -4.52. The summed E-state index contributed by atoms with van der Waals surface area (Å²) in [6.07, 6.45) is -1.78. The second-order valence-corrected chi connectivity index (χ2v) is 9.46. The molecule has 2 amide bonds. The summed E-state index contributed by atoms with van der Waals surface area (Å²) in [6.45, 7) is 3.94. The van der Waals surface area contributed by atoms with E-state index in [1.54, 1.807) is 23.7 Å². The van der Waals surface area contributed by atoms with Gasteiger partial charge in [-0.2, -0.15) is 13.2 Å². The van der Waals surface area contributed by atoms with Crippen LogP contribution < -0.4 is 15.5 Å². The third kappa shape index (κ3) is 5.14. The SMILES string of the molecule is Cc1sc2ncnc(N3CCC(C(=O)Nc4ccccc4C(=O)NCC(F)(F)F)CC3)c2c1C. The van der Waals surface area contributed by atoms with Gasteiger partial charge in [0.2, 0.25) is 5.91 Å². The lowest BCUT2D eigenvalue weighted by molar-refractivity contribution is -0.123. The van der Waals surface area contributed by atoms with E-state index in [1.165, 1.54) is 23.1 Å². The van der Waals surface area contributed by atoms with Crippen LogP contribution in [0.4, 0.5) is 24.7 Å². The zero-order valence-electron chi connectivity index (χ0n) is 18.7. The predicted molar refractivity (Wildman–Crippen MR) is 125 cm³/mol. The van der Waals surface area contributed by atoms with Crippen LogP contribution >= 0.6 is 11.3 Å². The molecule has 0 bridgehead atoms. The molecule has 0 aliphatic carbocycles. The minimum Gasteiger partial charge on any atom is -0.356 e. The Bertz CT molecular complexity index is 1220. The summed E-state index contributed by atoms with van der Waals surface area (Å²) in [5.74, 6) is -0.564. The smallest absolute Gasteiger partial charge is 0.356 e. The molecular weight excluding hydrogens is 467 g/mol. The molecule has 3 aromatic rings. The van der Waals surface area contributed by atoms with Gasteiger partial charge in [0, 0.05) is 23.9 Å². The molecule has 4 rings (SSSR count). The first-order valence-corrected chi connectivity index (χ1v) is 11.7. The van der Waals surface area contributed by atoms with Crippen LogP contribution in [0.5, 0.6) is 0 Å². The van der Waals surface area contributed by atoms with Gasteiger partial charge in [-0.1, -0.05) is 12.1 Å². The molecule has 2 aromatic heterocycles. The Morgan fingerprint density at radius 2 is 1.85 bits per heavy atom. The van der Waals surface area contributed by atoms with Crippen LogP contribution in [-0.4, -0.2) is 47.6 Å². The van der Waals surface area contributed by atoms with Gasteiger partial charge >= 0.3 is 6.18 Å². The van der Waals surface area contributed by atoms with Gasteiger partial charge in [-0.05, 0) is 44.4 Å². The number of carbonyl (C=O) groups excluding carboxylic acids is 2. The number of benzene rings is 1. The number of carbonyl (C=O) groups is 2. The number of aryl methyl sites for hydroxylation is 2. The van der Waals surface area contributed by atoms with E-state index in [0.717, 1.165) is 21.6 Å². The fourth-order valence-electron chi connectivity index (χ4n) is 4.06. The van der Waals surface area contributed by atoms with E-state index >= 15 is 0 Å². The summed E-state index contributed by atoms with van der Waals surface area (Å²) in [6, 6.07) is 6.04. The summed E-state index contributed by atoms with van der Waals surface area (Å²) in [5.41, 5.74) is 1.34. The first-order chi connectivity index (χ1) is 16.1. The Morgan fingerprint density at radius 1 is 1.15 bits per heavy atom. The second-order valence-electron chi connectivity index (χ2n) is 8.25.